The minimum absolute atomic E-state index is 0.0106. The normalized spacial score (nSPS) is 22.8. The summed E-state index contributed by atoms with van der Waals surface area (Å²) in [4.78, 5) is 35.7. The SMILES string of the molecule is CCCCC/C=C\CC(O)/C=C/C=C\C/C=C\CCCC(=O)OC(COC(=O)CCCCCCCCCCCCCCCCC)COP(=O)(O)OC1C(O)C(O)C(O)C(O)C1O. The minimum Gasteiger partial charge on any atom is -0.462 e. The number of aliphatic hydroxyl groups excluding tert-OH is 6. The number of phosphoric acid groups is 1. The van der Waals surface area contributed by atoms with Gasteiger partial charge in [-0.1, -0.05) is 165 Å². The summed E-state index contributed by atoms with van der Waals surface area (Å²) in [6.45, 7) is 3.15. The van der Waals surface area contributed by atoms with Crippen LogP contribution in [0.25, 0.3) is 0 Å². The summed E-state index contributed by atoms with van der Waals surface area (Å²) in [5, 5.41) is 60.2. The Labute approximate surface area is 372 Å². The van der Waals surface area contributed by atoms with Crippen LogP contribution in [-0.4, -0.2) is 110 Å². The Morgan fingerprint density at radius 2 is 1.08 bits per heavy atom. The summed E-state index contributed by atoms with van der Waals surface area (Å²) in [6, 6.07) is 0. The zero-order valence-electron chi connectivity index (χ0n) is 37.8. The lowest BCUT2D eigenvalue weighted by atomic mass is 9.85. The van der Waals surface area contributed by atoms with Gasteiger partial charge in [0.2, 0.25) is 0 Å². The van der Waals surface area contributed by atoms with Crippen LogP contribution in [0.1, 0.15) is 174 Å². The van der Waals surface area contributed by atoms with Crippen LogP contribution in [0.4, 0.5) is 0 Å². The first-order chi connectivity index (χ1) is 29.8. The van der Waals surface area contributed by atoms with Crippen molar-refractivity contribution in [2.24, 2.45) is 0 Å². The maximum atomic E-state index is 12.8. The summed E-state index contributed by atoms with van der Waals surface area (Å²) in [5.74, 6) is -1.20. The summed E-state index contributed by atoms with van der Waals surface area (Å²) in [5.41, 5.74) is 0. The molecule has 0 heterocycles. The number of allylic oxidation sites excluding steroid dienone is 6. The minimum atomic E-state index is -5.15. The monoisotopic (exact) mass is 903 g/mol. The van der Waals surface area contributed by atoms with Crippen molar-refractivity contribution in [3.05, 3.63) is 48.6 Å². The fourth-order valence-corrected chi connectivity index (χ4v) is 7.87. The standard InChI is InChI=1S/C47H83O14P/c1-3-5-7-9-11-12-13-14-15-16-17-18-22-26-30-34-40(49)58-36-39(37-59-62(56,57)61-47-45(54)43(52)42(51)44(53)46(47)55)60-41(50)35-31-27-23-20-19-21-25-29-33-38(48)32-28-24-10-8-6-4-2/h20-21,23-25,28-29,33,38-39,42-48,51-55H,3-19,22,26-27,30-32,34-37H2,1-2H3,(H,56,57)/b23-20-,25-21-,28-24-,33-29+. The number of aliphatic hydroxyl groups is 6. The molecule has 0 aliphatic heterocycles. The zero-order chi connectivity index (χ0) is 45.9. The molecule has 0 aromatic heterocycles. The predicted octanol–water partition coefficient (Wildman–Crippen LogP) is 8.14. The number of phosphoric ester groups is 1. The molecule has 7 N–H and O–H groups in total. The van der Waals surface area contributed by atoms with Crippen LogP contribution in [0, 0.1) is 0 Å². The van der Waals surface area contributed by atoms with E-state index in [2.05, 4.69) is 19.9 Å². The van der Waals surface area contributed by atoms with Crippen LogP contribution in [0.5, 0.6) is 0 Å². The van der Waals surface area contributed by atoms with E-state index in [1.165, 1.54) is 83.5 Å². The van der Waals surface area contributed by atoms with E-state index in [0.717, 1.165) is 32.1 Å². The molecule has 0 aromatic rings. The van der Waals surface area contributed by atoms with E-state index in [1.54, 1.807) is 6.08 Å². The Hall–Kier alpha value is -2.23. The lowest BCUT2D eigenvalue weighted by molar-refractivity contribution is -0.220. The van der Waals surface area contributed by atoms with Gasteiger partial charge in [-0.25, -0.2) is 4.57 Å². The highest BCUT2D eigenvalue weighted by molar-refractivity contribution is 7.47. The van der Waals surface area contributed by atoms with Crippen LogP contribution < -0.4 is 0 Å². The van der Waals surface area contributed by atoms with Gasteiger partial charge >= 0.3 is 19.8 Å². The fraction of sp³-hybridized carbons (Fsp3) is 0.787. The number of unbranched alkanes of at least 4 members (excludes halogenated alkanes) is 18. The van der Waals surface area contributed by atoms with Crippen molar-refractivity contribution >= 4 is 19.8 Å². The topological polar surface area (TPSA) is 230 Å². The van der Waals surface area contributed by atoms with Crippen LogP contribution in [0.2, 0.25) is 0 Å². The second-order valence-electron chi connectivity index (χ2n) is 16.5. The number of carbonyl (C=O) groups excluding carboxylic acids is 2. The first-order valence-corrected chi connectivity index (χ1v) is 25.0. The Morgan fingerprint density at radius 3 is 1.68 bits per heavy atom. The van der Waals surface area contributed by atoms with Gasteiger partial charge in [0.1, 0.15) is 43.2 Å². The third-order valence-electron chi connectivity index (χ3n) is 10.8. The molecule has 0 radical (unpaired) electrons. The van der Waals surface area contributed by atoms with Crippen molar-refractivity contribution in [3.8, 4) is 0 Å². The van der Waals surface area contributed by atoms with Gasteiger partial charge in [-0.15, -0.1) is 0 Å². The van der Waals surface area contributed by atoms with Gasteiger partial charge in [-0.3, -0.25) is 18.6 Å². The van der Waals surface area contributed by atoms with Gasteiger partial charge in [0, 0.05) is 12.8 Å². The van der Waals surface area contributed by atoms with Gasteiger partial charge in [0.05, 0.1) is 12.7 Å². The molecule has 0 bridgehead atoms. The fourth-order valence-electron chi connectivity index (χ4n) is 6.89. The molecule has 7 atom stereocenters. The third kappa shape index (κ3) is 29.3. The van der Waals surface area contributed by atoms with Crippen molar-refractivity contribution < 1.29 is 68.2 Å². The van der Waals surface area contributed by atoms with Crippen molar-refractivity contribution in [1.29, 1.82) is 0 Å². The molecule has 360 valence electrons. The molecule has 1 saturated carbocycles. The molecule has 15 heteroatoms. The van der Waals surface area contributed by atoms with E-state index >= 15 is 0 Å². The first-order valence-electron chi connectivity index (χ1n) is 23.5. The van der Waals surface area contributed by atoms with Gasteiger partial charge < -0.3 is 45.0 Å². The van der Waals surface area contributed by atoms with Gasteiger partial charge in [0.25, 0.3) is 0 Å². The molecule has 14 nitrogen and oxygen atoms in total. The predicted molar refractivity (Wildman–Crippen MR) is 241 cm³/mol. The summed E-state index contributed by atoms with van der Waals surface area (Å²) in [7, 11) is -5.15. The number of hydrogen-bond acceptors (Lipinski definition) is 13. The van der Waals surface area contributed by atoms with Crippen LogP contribution in [0.3, 0.4) is 0 Å². The zero-order valence-corrected chi connectivity index (χ0v) is 38.7. The third-order valence-corrected chi connectivity index (χ3v) is 11.7. The van der Waals surface area contributed by atoms with Gasteiger partial charge in [0.15, 0.2) is 6.10 Å². The Kier molecular flexibility index (Phi) is 34.5. The molecule has 1 aliphatic rings. The van der Waals surface area contributed by atoms with E-state index in [-0.39, 0.29) is 12.8 Å². The highest BCUT2D eigenvalue weighted by atomic mass is 31.2. The van der Waals surface area contributed by atoms with Crippen molar-refractivity contribution in [2.75, 3.05) is 13.2 Å². The van der Waals surface area contributed by atoms with E-state index in [4.69, 9.17) is 18.5 Å². The summed E-state index contributed by atoms with van der Waals surface area (Å²) >= 11 is 0. The van der Waals surface area contributed by atoms with E-state index in [0.29, 0.717) is 32.1 Å². The van der Waals surface area contributed by atoms with Crippen LogP contribution >= 0.6 is 7.82 Å². The molecule has 1 aliphatic carbocycles. The molecule has 0 aromatic carbocycles. The van der Waals surface area contributed by atoms with E-state index in [9.17, 15) is 49.7 Å². The second kappa shape index (κ2) is 37.0. The lowest BCUT2D eigenvalue weighted by Gasteiger charge is -2.41. The number of rotatable bonds is 38. The lowest BCUT2D eigenvalue weighted by Crippen LogP contribution is -2.64. The molecule has 62 heavy (non-hydrogen) atoms. The summed E-state index contributed by atoms with van der Waals surface area (Å²) in [6.07, 6.45) is 26.2. The Morgan fingerprint density at radius 1 is 0.581 bits per heavy atom. The highest BCUT2D eigenvalue weighted by Gasteiger charge is 2.51. The molecule has 0 saturated heterocycles. The number of esters is 2. The van der Waals surface area contributed by atoms with Gasteiger partial charge in [-0.2, -0.15) is 0 Å². The maximum Gasteiger partial charge on any atom is 0.472 e. The van der Waals surface area contributed by atoms with E-state index < -0.39 is 81.8 Å². The largest absolute Gasteiger partial charge is 0.472 e. The number of carbonyl (C=O) groups is 2. The average Bonchev–Trinajstić information content (AvgIpc) is 3.25. The molecule has 0 spiro atoms. The second-order valence-corrected chi connectivity index (χ2v) is 17.9. The smallest absolute Gasteiger partial charge is 0.462 e. The van der Waals surface area contributed by atoms with Crippen LogP contribution in [0.15, 0.2) is 48.6 Å². The molecular formula is C47H83O14P. The maximum absolute atomic E-state index is 12.8. The number of hydrogen-bond donors (Lipinski definition) is 7. The number of ether oxygens (including phenoxy) is 2. The van der Waals surface area contributed by atoms with E-state index in [1.807, 2.05) is 36.5 Å². The molecular weight excluding hydrogens is 819 g/mol. The quantitative estimate of drug-likeness (QED) is 0.0102. The molecule has 1 rings (SSSR count). The highest BCUT2D eigenvalue weighted by Crippen LogP contribution is 2.47. The Balaban J connectivity index is 2.53. The molecule has 1 fully saturated rings. The molecule has 0 amide bonds. The molecule has 7 unspecified atom stereocenters. The summed E-state index contributed by atoms with van der Waals surface area (Å²) < 4.78 is 33.4. The van der Waals surface area contributed by atoms with Crippen molar-refractivity contribution in [3.63, 3.8) is 0 Å². The first kappa shape index (κ1) is 57.8. The Bertz CT molecular complexity index is 1290. The van der Waals surface area contributed by atoms with Gasteiger partial charge in [-0.05, 0) is 44.9 Å². The van der Waals surface area contributed by atoms with Crippen molar-refractivity contribution in [1.82, 2.24) is 0 Å². The van der Waals surface area contributed by atoms with Crippen LogP contribution in [-0.2, 0) is 32.7 Å². The van der Waals surface area contributed by atoms with Crippen molar-refractivity contribution in [2.45, 2.75) is 223 Å². The average molecular weight is 903 g/mol.